The summed E-state index contributed by atoms with van der Waals surface area (Å²) in [4.78, 5) is 20.5. The fraction of sp³-hybridized carbons (Fsp3) is 0.182. The highest BCUT2D eigenvalue weighted by molar-refractivity contribution is 5.40. The third-order valence-corrected chi connectivity index (χ3v) is 2.81. The lowest BCUT2D eigenvalue weighted by Crippen LogP contribution is -2.35. The zero-order chi connectivity index (χ0) is 14.2. The molecule has 8 heteroatoms. The van der Waals surface area contributed by atoms with Gasteiger partial charge in [0.25, 0.3) is 11.4 Å². The van der Waals surface area contributed by atoms with E-state index in [1.54, 1.807) is 13.8 Å². The van der Waals surface area contributed by atoms with Gasteiger partial charge in [0, 0.05) is 31.2 Å². The number of benzene rings is 1. The minimum absolute atomic E-state index is 0.0124. The van der Waals surface area contributed by atoms with E-state index in [9.17, 15) is 20.2 Å². The molecule has 19 heavy (non-hydrogen) atoms. The highest BCUT2D eigenvalue weighted by Crippen LogP contribution is 2.20. The van der Waals surface area contributed by atoms with Crippen LogP contribution in [0.15, 0.2) is 24.3 Å². The summed E-state index contributed by atoms with van der Waals surface area (Å²) < 4.78 is 1.52. The first kappa shape index (κ1) is 12.7. The molecule has 0 aliphatic rings. The Kier molecular flexibility index (Phi) is 2.99. The van der Waals surface area contributed by atoms with Crippen molar-refractivity contribution in [1.29, 1.82) is 0 Å². The fourth-order valence-electron chi connectivity index (χ4n) is 1.93. The molecule has 2 rings (SSSR count). The van der Waals surface area contributed by atoms with Crippen molar-refractivity contribution < 1.29 is 14.5 Å². The second-order valence-corrected chi connectivity index (χ2v) is 4.04. The Hall–Kier alpha value is -2.77. The topological polar surface area (TPSA) is 106 Å². The number of hydrogen-bond acceptors (Lipinski definition) is 4. The highest BCUT2D eigenvalue weighted by atomic mass is 16.6. The summed E-state index contributed by atoms with van der Waals surface area (Å²) in [6.45, 7) is 3.22. The molecule has 1 N–H and O–H groups in total. The number of aryl methyl sites for hydroxylation is 1. The van der Waals surface area contributed by atoms with Crippen molar-refractivity contribution >= 4 is 11.4 Å². The Morgan fingerprint density at radius 1 is 1.05 bits per heavy atom. The maximum atomic E-state index is 10.9. The van der Waals surface area contributed by atoms with Crippen LogP contribution in [0.4, 0.5) is 11.4 Å². The average molecular weight is 263 g/mol. The molecular weight excluding hydrogens is 252 g/mol. The molecule has 0 fully saturated rings. The number of hydrogen-bond donors (Lipinski definition) is 1. The third-order valence-electron chi connectivity index (χ3n) is 2.81. The SMILES string of the molecule is Cc1[nH][n+](-c2ccc([N+](=O)[O-])cc2)c(C)c1[N+](=O)[O-]. The first-order valence-electron chi connectivity index (χ1n) is 5.42. The van der Waals surface area contributed by atoms with Crippen LogP contribution in [0.2, 0.25) is 0 Å². The number of nitro groups is 2. The van der Waals surface area contributed by atoms with E-state index in [0.717, 1.165) is 0 Å². The molecule has 2 aromatic rings. The van der Waals surface area contributed by atoms with Crippen molar-refractivity contribution in [3.8, 4) is 5.69 Å². The molecule has 0 unspecified atom stereocenters. The zero-order valence-corrected chi connectivity index (χ0v) is 10.3. The number of nitro benzene ring substituents is 1. The number of rotatable bonds is 3. The molecule has 1 aromatic carbocycles. The van der Waals surface area contributed by atoms with Gasteiger partial charge in [-0.05, 0) is 6.92 Å². The van der Waals surface area contributed by atoms with Crippen molar-refractivity contribution in [1.82, 2.24) is 5.10 Å². The van der Waals surface area contributed by atoms with Crippen molar-refractivity contribution in [3.05, 3.63) is 55.9 Å². The summed E-state index contributed by atoms with van der Waals surface area (Å²) in [5.41, 5.74) is 1.45. The van der Waals surface area contributed by atoms with Crippen molar-refractivity contribution in [2.24, 2.45) is 0 Å². The van der Waals surface area contributed by atoms with E-state index >= 15 is 0 Å². The van der Waals surface area contributed by atoms with E-state index in [4.69, 9.17) is 0 Å². The lowest BCUT2D eigenvalue weighted by atomic mass is 10.2. The lowest BCUT2D eigenvalue weighted by molar-refractivity contribution is -0.663. The number of nitrogens with one attached hydrogen (secondary N) is 1. The molecule has 98 valence electrons. The van der Waals surface area contributed by atoms with Crippen LogP contribution in [-0.4, -0.2) is 14.9 Å². The van der Waals surface area contributed by atoms with Gasteiger partial charge in [0.15, 0.2) is 5.69 Å². The summed E-state index contributed by atoms with van der Waals surface area (Å²) in [7, 11) is 0. The number of non-ortho nitro benzene ring substituents is 1. The standard InChI is InChI=1S/C11H10N4O4/c1-7-11(15(18)19)8(2)13(12-7)9-3-5-10(6-4-9)14(16)17/h3-6H,1-2H3/p+1. The molecular formula is C11H11N4O4+. The predicted molar refractivity (Wildman–Crippen MR) is 65.1 cm³/mol. The van der Waals surface area contributed by atoms with Crippen LogP contribution >= 0.6 is 0 Å². The van der Waals surface area contributed by atoms with Crippen molar-refractivity contribution in [2.75, 3.05) is 0 Å². The van der Waals surface area contributed by atoms with Gasteiger partial charge in [-0.15, -0.1) is 0 Å². The van der Waals surface area contributed by atoms with Crippen LogP contribution in [0.5, 0.6) is 0 Å². The maximum absolute atomic E-state index is 10.9. The number of aromatic nitrogens is 2. The summed E-state index contributed by atoms with van der Waals surface area (Å²) in [5.74, 6) is 0. The molecule has 0 amide bonds. The van der Waals surface area contributed by atoms with Crippen LogP contribution in [0, 0.1) is 34.1 Å². The van der Waals surface area contributed by atoms with E-state index in [2.05, 4.69) is 5.10 Å². The molecule has 0 spiro atoms. The van der Waals surface area contributed by atoms with Gasteiger partial charge in [-0.3, -0.25) is 20.2 Å². The normalized spacial score (nSPS) is 10.4. The smallest absolute Gasteiger partial charge is 0.258 e. The van der Waals surface area contributed by atoms with Crippen LogP contribution in [0.1, 0.15) is 11.4 Å². The second-order valence-electron chi connectivity index (χ2n) is 4.04. The van der Waals surface area contributed by atoms with Gasteiger partial charge in [-0.1, -0.05) is 4.68 Å². The molecule has 0 aliphatic carbocycles. The first-order valence-corrected chi connectivity index (χ1v) is 5.42. The minimum atomic E-state index is -0.496. The third kappa shape index (κ3) is 2.15. The summed E-state index contributed by atoms with van der Waals surface area (Å²) in [5, 5.41) is 24.3. The number of H-pyrrole nitrogens is 1. The van der Waals surface area contributed by atoms with E-state index in [-0.39, 0.29) is 11.4 Å². The average Bonchev–Trinajstić information content (AvgIpc) is 2.65. The largest absolute Gasteiger partial charge is 0.362 e. The van der Waals surface area contributed by atoms with Crippen LogP contribution in [0.25, 0.3) is 5.69 Å². The van der Waals surface area contributed by atoms with E-state index < -0.39 is 9.85 Å². The van der Waals surface area contributed by atoms with Crippen LogP contribution in [-0.2, 0) is 0 Å². The zero-order valence-electron chi connectivity index (χ0n) is 10.3. The van der Waals surface area contributed by atoms with Crippen LogP contribution in [0.3, 0.4) is 0 Å². The molecule has 0 atom stereocenters. The Balaban J connectivity index is 2.51. The Morgan fingerprint density at radius 3 is 2.05 bits per heavy atom. The Labute approximate surface area is 107 Å². The molecule has 0 aliphatic heterocycles. The van der Waals surface area contributed by atoms with E-state index in [1.807, 2.05) is 0 Å². The lowest BCUT2D eigenvalue weighted by Gasteiger charge is -1.93. The Morgan fingerprint density at radius 2 is 1.63 bits per heavy atom. The summed E-state index contributed by atoms with van der Waals surface area (Å²) >= 11 is 0. The molecule has 0 saturated carbocycles. The molecule has 1 heterocycles. The van der Waals surface area contributed by atoms with Crippen molar-refractivity contribution in [3.63, 3.8) is 0 Å². The first-order chi connectivity index (χ1) is 8.91. The number of aromatic amines is 1. The minimum Gasteiger partial charge on any atom is -0.258 e. The van der Waals surface area contributed by atoms with E-state index in [1.165, 1.54) is 28.9 Å². The van der Waals surface area contributed by atoms with E-state index in [0.29, 0.717) is 17.1 Å². The summed E-state index contributed by atoms with van der Waals surface area (Å²) in [6.07, 6.45) is 0. The molecule has 8 nitrogen and oxygen atoms in total. The van der Waals surface area contributed by atoms with Gasteiger partial charge in [-0.2, -0.15) is 5.10 Å². The van der Waals surface area contributed by atoms with Gasteiger partial charge >= 0.3 is 5.69 Å². The summed E-state index contributed by atoms with van der Waals surface area (Å²) in [6, 6.07) is 5.77. The van der Waals surface area contributed by atoms with Gasteiger partial charge in [0.1, 0.15) is 0 Å². The highest BCUT2D eigenvalue weighted by Gasteiger charge is 2.30. The van der Waals surface area contributed by atoms with Gasteiger partial charge in [0.2, 0.25) is 5.69 Å². The number of nitrogens with zero attached hydrogens (tertiary/aromatic N) is 3. The van der Waals surface area contributed by atoms with Crippen molar-refractivity contribution in [2.45, 2.75) is 13.8 Å². The Bertz CT molecular complexity index is 660. The fourth-order valence-corrected chi connectivity index (χ4v) is 1.93. The predicted octanol–water partition coefficient (Wildman–Crippen LogP) is 1.72. The molecule has 0 radical (unpaired) electrons. The monoisotopic (exact) mass is 263 g/mol. The molecule has 0 bridgehead atoms. The quantitative estimate of drug-likeness (QED) is 0.517. The molecule has 1 aromatic heterocycles. The maximum Gasteiger partial charge on any atom is 0.362 e. The van der Waals surface area contributed by atoms with Crippen LogP contribution < -0.4 is 4.68 Å². The van der Waals surface area contributed by atoms with Gasteiger partial charge in [0.05, 0.1) is 9.85 Å². The molecule has 0 saturated heterocycles. The van der Waals surface area contributed by atoms with Gasteiger partial charge in [-0.25, -0.2) is 0 Å². The van der Waals surface area contributed by atoms with Gasteiger partial charge < -0.3 is 0 Å². The second kappa shape index (κ2) is 4.48.